The van der Waals surface area contributed by atoms with Crippen LogP contribution in [0.3, 0.4) is 0 Å². The van der Waals surface area contributed by atoms with Crippen molar-refractivity contribution in [1.29, 1.82) is 5.26 Å². The molecule has 0 saturated carbocycles. The van der Waals surface area contributed by atoms with E-state index in [-0.39, 0.29) is 0 Å². The highest BCUT2D eigenvalue weighted by atomic mass is 79.9. The van der Waals surface area contributed by atoms with Crippen LogP contribution in [0.5, 0.6) is 11.5 Å². The zero-order chi connectivity index (χ0) is 13.0. The van der Waals surface area contributed by atoms with Crippen molar-refractivity contribution in [3.8, 4) is 17.6 Å². The largest absolute Gasteiger partial charge is 0.456 e. The summed E-state index contributed by atoms with van der Waals surface area (Å²) in [6, 6.07) is 14.7. The highest BCUT2D eigenvalue weighted by Gasteiger charge is 2.06. The maximum Gasteiger partial charge on any atom is 0.145 e. The van der Waals surface area contributed by atoms with Gasteiger partial charge >= 0.3 is 0 Å². The van der Waals surface area contributed by atoms with Crippen molar-refractivity contribution in [2.75, 3.05) is 0 Å². The normalized spacial score (nSPS) is 9.83. The molecule has 0 radical (unpaired) electrons. The first-order valence-corrected chi connectivity index (χ1v) is 6.75. The second-order valence-corrected chi connectivity index (χ2v) is 4.63. The van der Waals surface area contributed by atoms with Gasteiger partial charge in [0.15, 0.2) is 0 Å². The summed E-state index contributed by atoms with van der Waals surface area (Å²) in [6.07, 6.45) is 0. The fraction of sp³-hybridized carbons (Fsp3) is 0.0714. The molecule has 0 heterocycles. The van der Waals surface area contributed by atoms with Crippen LogP contribution >= 0.6 is 27.5 Å². The molecular weight excluding hydrogens is 314 g/mol. The van der Waals surface area contributed by atoms with E-state index in [0.717, 1.165) is 5.56 Å². The lowest BCUT2D eigenvalue weighted by Gasteiger charge is -2.08. The number of hydrogen-bond acceptors (Lipinski definition) is 2. The molecule has 0 fully saturated rings. The summed E-state index contributed by atoms with van der Waals surface area (Å²) >= 11 is 9.24. The standard InChI is InChI=1S/C14H9BrClNO/c15-8-10-4-5-14(11(6-10)9-17)18-13-3-1-2-12(16)7-13/h1-7H,8H2. The summed E-state index contributed by atoms with van der Waals surface area (Å²) in [5, 5.41) is 10.4. The lowest BCUT2D eigenvalue weighted by atomic mass is 10.1. The van der Waals surface area contributed by atoms with Crippen LogP contribution in [0.4, 0.5) is 0 Å². The minimum absolute atomic E-state index is 0.506. The number of ether oxygens (including phenoxy) is 1. The number of hydrogen-bond donors (Lipinski definition) is 0. The lowest BCUT2D eigenvalue weighted by molar-refractivity contribution is 0.481. The van der Waals surface area contributed by atoms with Gasteiger partial charge in [0.05, 0.1) is 5.56 Å². The Bertz CT molecular complexity index is 607. The van der Waals surface area contributed by atoms with E-state index in [1.165, 1.54) is 0 Å². The van der Waals surface area contributed by atoms with Crippen LogP contribution in [0.1, 0.15) is 11.1 Å². The first-order chi connectivity index (χ1) is 8.72. The molecule has 0 spiro atoms. The molecule has 0 aliphatic rings. The molecule has 0 atom stereocenters. The van der Waals surface area contributed by atoms with Gasteiger partial charge < -0.3 is 4.74 Å². The molecule has 18 heavy (non-hydrogen) atoms. The third-order valence-corrected chi connectivity index (χ3v) is 3.23. The van der Waals surface area contributed by atoms with E-state index in [2.05, 4.69) is 22.0 Å². The predicted molar refractivity (Wildman–Crippen MR) is 75.3 cm³/mol. The van der Waals surface area contributed by atoms with Gasteiger partial charge in [-0.25, -0.2) is 0 Å². The molecule has 0 unspecified atom stereocenters. The number of nitriles is 1. The Morgan fingerprint density at radius 3 is 2.72 bits per heavy atom. The van der Waals surface area contributed by atoms with Crippen molar-refractivity contribution in [3.63, 3.8) is 0 Å². The SMILES string of the molecule is N#Cc1cc(CBr)ccc1Oc1cccc(Cl)c1. The van der Waals surface area contributed by atoms with Crippen LogP contribution < -0.4 is 4.74 Å². The number of nitrogens with zero attached hydrogens (tertiary/aromatic N) is 1. The molecule has 0 aromatic heterocycles. The van der Waals surface area contributed by atoms with E-state index in [1.807, 2.05) is 6.07 Å². The summed E-state index contributed by atoms with van der Waals surface area (Å²) in [7, 11) is 0. The van der Waals surface area contributed by atoms with Gasteiger partial charge in [-0.05, 0) is 35.9 Å². The fourth-order valence-electron chi connectivity index (χ4n) is 1.49. The van der Waals surface area contributed by atoms with E-state index < -0.39 is 0 Å². The van der Waals surface area contributed by atoms with Crippen molar-refractivity contribution < 1.29 is 4.74 Å². The van der Waals surface area contributed by atoms with Gasteiger partial charge in [-0.1, -0.05) is 39.7 Å². The van der Waals surface area contributed by atoms with Crippen molar-refractivity contribution >= 4 is 27.5 Å². The Balaban J connectivity index is 2.32. The highest BCUT2D eigenvalue weighted by Crippen LogP contribution is 2.28. The Morgan fingerprint density at radius 2 is 2.06 bits per heavy atom. The smallest absolute Gasteiger partial charge is 0.145 e. The molecule has 2 nitrogen and oxygen atoms in total. The van der Waals surface area contributed by atoms with Crippen molar-refractivity contribution in [2.45, 2.75) is 5.33 Å². The van der Waals surface area contributed by atoms with Gasteiger partial charge in [0.2, 0.25) is 0 Å². The van der Waals surface area contributed by atoms with Crippen LogP contribution in [0.2, 0.25) is 5.02 Å². The molecule has 0 saturated heterocycles. The van der Waals surface area contributed by atoms with E-state index in [4.69, 9.17) is 21.6 Å². The molecule has 4 heteroatoms. The Hall–Kier alpha value is -1.50. The molecule has 2 rings (SSSR count). The molecular formula is C14H9BrClNO. The maximum atomic E-state index is 9.10. The summed E-state index contributed by atoms with van der Waals surface area (Å²) in [5.74, 6) is 1.15. The molecule has 0 aliphatic carbocycles. The summed E-state index contributed by atoms with van der Waals surface area (Å²) in [4.78, 5) is 0. The summed E-state index contributed by atoms with van der Waals surface area (Å²) in [6.45, 7) is 0. The monoisotopic (exact) mass is 321 g/mol. The van der Waals surface area contributed by atoms with Crippen LogP contribution in [0.15, 0.2) is 42.5 Å². The summed E-state index contributed by atoms with van der Waals surface area (Å²) < 4.78 is 5.66. The molecule has 0 aliphatic heterocycles. The van der Waals surface area contributed by atoms with E-state index >= 15 is 0 Å². The molecule has 2 aromatic rings. The van der Waals surface area contributed by atoms with Gasteiger partial charge in [-0.3, -0.25) is 0 Å². The topological polar surface area (TPSA) is 33.0 Å². The Labute approximate surface area is 119 Å². The molecule has 0 N–H and O–H groups in total. The fourth-order valence-corrected chi connectivity index (χ4v) is 2.02. The highest BCUT2D eigenvalue weighted by molar-refractivity contribution is 9.08. The third-order valence-electron chi connectivity index (χ3n) is 2.34. The van der Waals surface area contributed by atoms with E-state index in [9.17, 15) is 0 Å². The quantitative estimate of drug-likeness (QED) is 0.753. The minimum atomic E-state index is 0.506. The van der Waals surface area contributed by atoms with Crippen LogP contribution in [0, 0.1) is 11.3 Å². The first kappa shape index (κ1) is 12.9. The average Bonchev–Trinajstić information content (AvgIpc) is 2.39. The Morgan fingerprint density at radius 1 is 1.22 bits per heavy atom. The van der Waals surface area contributed by atoms with Crippen LogP contribution in [-0.2, 0) is 5.33 Å². The molecule has 0 amide bonds. The number of alkyl halides is 1. The van der Waals surface area contributed by atoms with Crippen molar-refractivity contribution in [3.05, 3.63) is 58.6 Å². The zero-order valence-corrected chi connectivity index (χ0v) is 11.7. The second kappa shape index (κ2) is 5.90. The number of benzene rings is 2. The average molecular weight is 323 g/mol. The van der Waals surface area contributed by atoms with Crippen molar-refractivity contribution in [1.82, 2.24) is 0 Å². The lowest BCUT2D eigenvalue weighted by Crippen LogP contribution is -1.90. The number of halogens is 2. The first-order valence-electron chi connectivity index (χ1n) is 5.25. The second-order valence-electron chi connectivity index (χ2n) is 3.64. The molecule has 2 aromatic carbocycles. The molecule has 0 bridgehead atoms. The van der Waals surface area contributed by atoms with Gasteiger partial charge in [0.25, 0.3) is 0 Å². The Kier molecular flexibility index (Phi) is 4.24. The zero-order valence-electron chi connectivity index (χ0n) is 9.36. The van der Waals surface area contributed by atoms with Gasteiger partial charge in [-0.2, -0.15) is 5.26 Å². The molecule has 90 valence electrons. The van der Waals surface area contributed by atoms with Gasteiger partial charge in [0, 0.05) is 10.4 Å². The maximum absolute atomic E-state index is 9.10. The summed E-state index contributed by atoms with van der Waals surface area (Å²) in [5.41, 5.74) is 1.54. The predicted octanol–water partition coefficient (Wildman–Crippen LogP) is 4.90. The minimum Gasteiger partial charge on any atom is -0.456 e. The van der Waals surface area contributed by atoms with Crippen LogP contribution in [-0.4, -0.2) is 0 Å². The third kappa shape index (κ3) is 3.04. The van der Waals surface area contributed by atoms with E-state index in [0.29, 0.717) is 27.4 Å². The van der Waals surface area contributed by atoms with Crippen molar-refractivity contribution in [2.24, 2.45) is 0 Å². The van der Waals surface area contributed by atoms with E-state index in [1.54, 1.807) is 36.4 Å². The van der Waals surface area contributed by atoms with Gasteiger partial charge in [-0.15, -0.1) is 0 Å². The van der Waals surface area contributed by atoms with Gasteiger partial charge in [0.1, 0.15) is 17.6 Å². The number of rotatable bonds is 3. The van der Waals surface area contributed by atoms with Crippen LogP contribution in [0.25, 0.3) is 0 Å².